The van der Waals surface area contributed by atoms with Gasteiger partial charge in [0, 0.05) is 44.6 Å². The molecule has 1 unspecified atom stereocenters. The van der Waals surface area contributed by atoms with E-state index in [1.807, 2.05) is 18.5 Å². The quantitative estimate of drug-likeness (QED) is 0.824. The molecule has 7 nitrogen and oxygen atoms in total. The number of morpholine rings is 1. The van der Waals surface area contributed by atoms with E-state index < -0.39 is 0 Å². The summed E-state index contributed by atoms with van der Waals surface area (Å²) in [6.45, 7) is 5.79. The molecule has 0 aliphatic carbocycles. The van der Waals surface area contributed by atoms with Gasteiger partial charge in [0.1, 0.15) is 0 Å². The summed E-state index contributed by atoms with van der Waals surface area (Å²) < 4.78 is 7.04. The molecule has 2 aliphatic heterocycles. The van der Waals surface area contributed by atoms with E-state index in [9.17, 15) is 4.79 Å². The van der Waals surface area contributed by atoms with Crippen molar-refractivity contribution in [3.8, 4) is 0 Å². The van der Waals surface area contributed by atoms with Gasteiger partial charge >= 0.3 is 0 Å². The molecule has 2 fully saturated rings. The van der Waals surface area contributed by atoms with Crippen molar-refractivity contribution >= 4 is 5.69 Å². The highest BCUT2D eigenvalue weighted by atomic mass is 16.5. The molecule has 1 atom stereocenters. The number of anilines is 1. The number of rotatable bonds is 4. The largest absolute Gasteiger partial charge is 0.378 e. The molecule has 2 aliphatic rings. The normalized spacial score (nSPS) is 21.7. The van der Waals surface area contributed by atoms with Gasteiger partial charge in [-0.1, -0.05) is 6.07 Å². The molecule has 0 amide bonds. The van der Waals surface area contributed by atoms with Crippen molar-refractivity contribution in [1.29, 1.82) is 0 Å². The fourth-order valence-electron chi connectivity index (χ4n) is 3.80. The Morgan fingerprint density at radius 3 is 2.85 bits per heavy atom. The fourth-order valence-corrected chi connectivity index (χ4v) is 3.80. The first-order chi connectivity index (χ1) is 12.8. The maximum atomic E-state index is 12.7. The lowest BCUT2D eigenvalue weighted by atomic mass is 10.1. The Hall–Kier alpha value is -2.25. The van der Waals surface area contributed by atoms with E-state index in [-0.39, 0.29) is 11.6 Å². The van der Waals surface area contributed by atoms with Gasteiger partial charge in [0.2, 0.25) is 0 Å². The average molecular weight is 355 g/mol. The monoisotopic (exact) mass is 355 g/mol. The Kier molecular flexibility index (Phi) is 5.26. The number of piperidine rings is 1. The van der Waals surface area contributed by atoms with Crippen LogP contribution in [0.1, 0.15) is 24.4 Å². The van der Waals surface area contributed by atoms with Crippen LogP contribution in [0.25, 0.3) is 0 Å². The first kappa shape index (κ1) is 17.2. The molecule has 2 aromatic rings. The number of pyridine rings is 1. The van der Waals surface area contributed by atoms with E-state index in [2.05, 4.69) is 25.9 Å². The van der Waals surface area contributed by atoms with Gasteiger partial charge in [0.15, 0.2) is 0 Å². The van der Waals surface area contributed by atoms with Crippen LogP contribution < -0.4 is 10.5 Å². The summed E-state index contributed by atoms with van der Waals surface area (Å²) >= 11 is 0. The molecule has 0 spiro atoms. The molecular weight excluding hydrogens is 330 g/mol. The van der Waals surface area contributed by atoms with Crippen LogP contribution >= 0.6 is 0 Å². The summed E-state index contributed by atoms with van der Waals surface area (Å²) in [6, 6.07) is 5.91. The molecule has 0 bridgehead atoms. The second kappa shape index (κ2) is 7.97. The van der Waals surface area contributed by atoms with Crippen molar-refractivity contribution in [2.75, 3.05) is 44.3 Å². The van der Waals surface area contributed by atoms with Crippen molar-refractivity contribution in [1.82, 2.24) is 19.7 Å². The molecular formula is C19H25N5O2. The van der Waals surface area contributed by atoms with Crippen molar-refractivity contribution < 1.29 is 4.74 Å². The molecule has 138 valence electrons. The van der Waals surface area contributed by atoms with Gasteiger partial charge in [-0.3, -0.25) is 14.7 Å². The van der Waals surface area contributed by atoms with Crippen LogP contribution in [0.2, 0.25) is 0 Å². The predicted molar refractivity (Wildman–Crippen MR) is 99.3 cm³/mol. The molecule has 7 heteroatoms. The fraction of sp³-hybridized carbons (Fsp3) is 0.526. The zero-order chi connectivity index (χ0) is 17.8. The minimum atomic E-state index is -0.0118. The lowest BCUT2D eigenvalue weighted by Crippen LogP contribution is -2.41. The summed E-state index contributed by atoms with van der Waals surface area (Å²) in [5, 5.41) is 4.50. The van der Waals surface area contributed by atoms with Crippen LogP contribution in [0.3, 0.4) is 0 Å². The van der Waals surface area contributed by atoms with E-state index in [1.54, 1.807) is 16.9 Å². The van der Waals surface area contributed by atoms with E-state index in [1.165, 1.54) is 5.56 Å². The standard InChI is InChI=1S/C19H25N5O2/c25-19-11-18(23-7-9-26-10-8-23)13-21-24(19)17-4-2-6-22(15-17)14-16-3-1-5-20-12-16/h1,3,5,11-13,17H,2,4,6-10,14-15H2. The second-order valence-electron chi connectivity index (χ2n) is 6.99. The van der Waals surface area contributed by atoms with E-state index >= 15 is 0 Å². The first-order valence-electron chi connectivity index (χ1n) is 9.32. The number of hydrogen-bond donors (Lipinski definition) is 0. The first-order valence-corrected chi connectivity index (χ1v) is 9.32. The van der Waals surface area contributed by atoms with Crippen LogP contribution in [-0.2, 0) is 11.3 Å². The third kappa shape index (κ3) is 3.94. The molecule has 0 radical (unpaired) electrons. The molecule has 26 heavy (non-hydrogen) atoms. The van der Waals surface area contributed by atoms with Crippen molar-refractivity contribution in [3.05, 3.63) is 52.7 Å². The lowest BCUT2D eigenvalue weighted by Gasteiger charge is -2.33. The van der Waals surface area contributed by atoms with Crippen LogP contribution in [0.15, 0.2) is 41.6 Å². The minimum absolute atomic E-state index is 0.0118. The third-order valence-electron chi connectivity index (χ3n) is 5.14. The average Bonchev–Trinajstić information content (AvgIpc) is 2.69. The number of likely N-dealkylation sites (tertiary alicyclic amines) is 1. The molecule has 4 heterocycles. The van der Waals surface area contributed by atoms with Crippen molar-refractivity contribution in [2.24, 2.45) is 0 Å². The highest BCUT2D eigenvalue weighted by molar-refractivity contribution is 5.43. The van der Waals surface area contributed by atoms with Crippen LogP contribution in [0.4, 0.5) is 5.69 Å². The Morgan fingerprint density at radius 2 is 2.08 bits per heavy atom. The van der Waals surface area contributed by atoms with Gasteiger partial charge in [0.05, 0.1) is 31.1 Å². The highest BCUT2D eigenvalue weighted by Gasteiger charge is 2.23. The van der Waals surface area contributed by atoms with E-state index in [4.69, 9.17) is 4.74 Å². The Bertz CT molecular complexity index is 773. The molecule has 2 aromatic heterocycles. The number of hydrogen-bond acceptors (Lipinski definition) is 6. The van der Waals surface area contributed by atoms with Gasteiger partial charge in [-0.2, -0.15) is 5.10 Å². The summed E-state index contributed by atoms with van der Waals surface area (Å²) in [5.74, 6) is 0. The highest BCUT2D eigenvalue weighted by Crippen LogP contribution is 2.21. The Labute approximate surface area is 153 Å². The third-order valence-corrected chi connectivity index (χ3v) is 5.14. The summed E-state index contributed by atoms with van der Waals surface area (Å²) in [5.41, 5.74) is 2.09. The smallest absolute Gasteiger partial charge is 0.269 e. The van der Waals surface area contributed by atoms with Crippen molar-refractivity contribution in [3.63, 3.8) is 0 Å². The number of aromatic nitrogens is 3. The van der Waals surface area contributed by atoms with Crippen molar-refractivity contribution in [2.45, 2.75) is 25.4 Å². The maximum Gasteiger partial charge on any atom is 0.269 e. The zero-order valence-corrected chi connectivity index (χ0v) is 15.0. The van der Waals surface area contributed by atoms with Gasteiger partial charge < -0.3 is 9.64 Å². The molecule has 0 aromatic carbocycles. The Morgan fingerprint density at radius 1 is 1.19 bits per heavy atom. The van der Waals surface area contributed by atoms with Gasteiger partial charge in [-0.05, 0) is 31.0 Å². The Balaban J connectivity index is 1.45. The zero-order valence-electron chi connectivity index (χ0n) is 15.0. The minimum Gasteiger partial charge on any atom is -0.378 e. The molecule has 0 N–H and O–H groups in total. The predicted octanol–water partition coefficient (Wildman–Crippen LogP) is 1.31. The summed E-state index contributed by atoms with van der Waals surface area (Å²) in [6.07, 6.45) is 7.59. The van der Waals surface area contributed by atoms with Gasteiger partial charge in [-0.25, -0.2) is 4.68 Å². The summed E-state index contributed by atoms with van der Waals surface area (Å²) in [7, 11) is 0. The van der Waals surface area contributed by atoms with E-state index in [0.717, 1.165) is 51.3 Å². The van der Waals surface area contributed by atoms with E-state index in [0.29, 0.717) is 13.2 Å². The SMILES string of the molecule is O=c1cc(N2CCOCC2)cnn1C1CCCN(Cc2cccnc2)C1. The lowest BCUT2D eigenvalue weighted by molar-refractivity contribution is 0.122. The van der Waals surface area contributed by atoms with Crippen LogP contribution in [-0.4, -0.2) is 59.1 Å². The topological polar surface area (TPSA) is 63.5 Å². The molecule has 0 saturated carbocycles. The van der Waals surface area contributed by atoms with Gasteiger partial charge in [-0.15, -0.1) is 0 Å². The maximum absolute atomic E-state index is 12.7. The number of ether oxygens (including phenoxy) is 1. The van der Waals surface area contributed by atoms with Crippen LogP contribution in [0.5, 0.6) is 0 Å². The number of nitrogens with zero attached hydrogens (tertiary/aromatic N) is 5. The molecule has 2 saturated heterocycles. The van der Waals surface area contributed by atoms with Gasteiger partial charge in [0.25, 0.3) is 5.56 Å². The summed E-state index contributed by atoms with van der Waals surface area (Å²) in [4.78, 5) is 21.4. The van der Waals surface area contributed by atoms with Crippen LogP contribution in [0, 0.1) is 0 Å². The molecule has 4 rings (SSSR count). The second-order valence-corrected chi connectivity index (χ2v) is 6.99.